The lowest BCUT2D eigenvalue weighted by Crippen LogP contribution is -2.41. The maximum absolute atomic E-state index is 11.9. The molecule has 2 heterocycles. The number of aromatic carboxylic acids is 1. The highest BCUT2D eigenvalue weighted by atomic mass is 32.1. The molecule has 0 aromatic carbocycles. The summed E-state index contributed by atoms with van der Waals surface area (Å²) < 4.78 is 5.49. The number of thiazole rings is 1. The zero-order valence-electron chi connectivity index (χ0n) is 11.9. The molecular weight excluding hydrogens is 294 g/mol. The van der Waals surface area contributed by atoms with E-state index in [1.54, 1.807) is 11.9 Å². The number of carbonyl (C=O) groups excluding carboxylic acids is 1. The van der Waals surface area contributed by atoms with Gasteiger partial charge in [0.1, 0.15) is 0 Å². The van der Waals surface area contributed by atoms with Crippen LogP contribution in [0.2, 0.25) is 0 Å². The molecule has 1 saturated heterocycles. The smallest absolute Gasteiger partial charge is 0.355 e. The van der Waals surface area contributed by atoms with Crippen molar-refractivity contribution in [1.82, 2.24) is 15.2 Å². The molecule has 1 unspecified atom stereocenters. The fourth-order valence-corrected chi connectivity index (χ4v) is 2.88. The molecular formula is C13H19N3O4S. The minimum atomic E-state index is -1.03. The zero-order valence-corrected chi connectivity index (χ0v) is 12.7. The van der Waals surface area contributed by atoms with Crippen LogP contribution in [0.15, 0.2) is 5.38 Å². The minimum Gasteiger partial charge on any atom is -0.476 e. The Morgan fingerprint density at radius 2 is 2.43 bits per heavy atom. The van der Waals surface area contributed by atoms with Crippen LogP contribution >= 0.6 is 11.3 Å². The van der Waals surface area contributed by atoms with Crippen LogP contribution < -0.4 is 5.32 Å². The number of hydrogen-bond acceptors (Lipinski definition) is 5. The Hall–Kier alpha value is -1.67. The number of carboxylic acid groups (broad SMARTS) is 1. The van der Waals surface area contributed by atoms with Gasteiger partial charge in [0.25, 0.3) is 0 Å². The summed E-state index contributed by atoms with van der Waals surface area (Å²) in [4.78, 5) is 28.2. The van der Waals surface area contributed by atoms with Crippen LogP contribution in [0.3, 0.4) is 0 Å². The van der Waals surface area contributed by atoms with Gasteiger partial charge in [-0.1, -0.05) is 0 Å². The maximum Gasteiger partial charge on any atom is 0.355 e. The molecule has 0 bridgehead atoms. The lowest BCUT2D eigenvalue weighted by atomic mass is 10.2. The van der Waals surface area contributed by atoms with E-state index in [0.29, 0.717) is 24.5 Å². The predicted octanol–water partition coefficient (Wildman–Crippen LogP) is 1.20. The molecule has 1 aliphatic rings. The number of nitrogens with one attached hydrogen (secondary N) is 1. The van der Waals surface area contributed by atoms with E-state index in [0.717, 1.165) is 19.4 Å². The second-order valence-electron chi connectivity index (χ2n) is 4.93. The van der Waals surface area contributed by atoms with E-state index in [1.165, 1.54) is 16.7 Å². The molecule has 8 heteroatoms. The van der Waals surface area contributed by atoms with Crippen LogP contribution in [0.25, 0.3) is 0 Å². The molecule has 2 rings (SSSR count). The highest BCUT2D eigenvalue weighted by Gasteiger charge is 2.19. The average Bonchev–Trinajstić information content (AvgIpc) is 3.09. The highest BCUT2D eigenvalue weighted by molar-refractivity contribution is 7.09. The average molecular weight is 313 g/mol. The summed E-state index contributed by atoms with van der Waals surface area (Å²) in [7, 11) is 1.74. The van der Waals surface area contributed by atoms with Crippen LogP contribution in [0, 0.1) is 0 Å². The number of urea groups is 1. The second kappa shape index (κ2) is 7.37. The number of carboxylic acids is 1. The van der Waals surface area contributed by atoms with Gasteiger partial charge in [-0.2, -0.15) is 0 Å². The van der Waals surface area contributed by atoms with E-state index in [2.05, 4.69) is 10.3 Å². The van der Waals surface area contributed by atoms with Gasteiger partial charge in [0.05, 0.1) is 11.1 Å². The molecule has 7 nitrogen and oxygen atoms in total. The third-order valence-electron chi connectivity index (χ3n) is 3.23. The molecule has 1 aromatic rings. The molecule has 0 aliphatic carbocycles. The van der Waals surface area contributed by atoms with E-state index < -0.39 is 5.97 Å². The topological polar surface area (TPSA) is 91.8 Å². The quantitative estimate of drug-likeness (QED) is 0.823. The lowest BCUT2D eigenvalue weighted by molar-refractivity contribution is 0.0691. The molecule has 0 saturated carbocycles. The van der Waals surface area contributed by atoms with Gasteiger partial charge in [-0.3, -0.25) is 0 Å². The van der Waals surface area contributed by atoms with E-state index in [9.17, 15) is 9.59 Å². The normalized spacial score (nSPS) is 17.7. The summed E-state index contributed by atoms with van der Waals surface area (Å²) >= 11 is 1.29. The van der Waals surface area contributed by atoms with Gasteiger partial charge < -0.3 is 20.1 Å². The third-order valence-corrected chi connectivity index (χ3v) is 4.14. The molecule has 1 fully saturated rings. The monoisotopic (exact) mass is 313 g/mol. The van der Waals surface area contributed by atoms with Crippen LogP contribution in [-0.4, -0.2) is 59.8 Å². The van der Waals surface area contributed by atoms with Crippen LogP contribution in [0.5, 0.6) is 0 Å². The van der Waals surface area contributed by atoms with Crippen molar-refractivity contribution in [2.75, 3.05) is 26.7 Å². The van der Waals surface area contributed by atoms with Crippen molar-refractivity contribution in [2.24, 2.45) is 0 Å². The second-order valence-corrected chi connectivity index (χ2v) is 5.87. The Morgan fingerprint density at radius 1 is 1.62 bits per heavy atom. The minimum absolute atomic E-state index is 0.0526. The molecule has 0 radical (unpaired) electrons. The Morgan fingerprint density at radius 3 is 3.05 bits per heavy atom. The Bertz CT molecular complexity index is 499. The molecule has 0 spiro atoms. The summed E-state index contributed by atoms with van der Waals surface area (Å²) in [6, 6.07) is -0.152. The molecule has 2 amide bonds. The number of hydrogen-bond donors (Lipinski definition) is 2. The van der Waals surface area contributed by atoms with Gasteiger partial charge in [-0.05, 0) is 12.8 Å². The van der Waals surface area contributed by atoms with Crippen molar-refractivity contribution >= 4 is 23.3 Å². The summed E-state index contributed by atoms with van der Waals surface area (Å²) in [5, 5.41) is 13.8. The molecule has 1 aliphatic heterocycles. The molecule has 116 valence electrons. The predicted molar refractivity (Wildman–Crippen MR) is 77.8 cm³/mol. The van der Waals surface area contributed by atoms with Gasteiger partial charge >= 0.3 is 12.0 Å². The number of nitrogens with zero attached hydrogens (tertiary/aromatic N) is 2. The SMILES string of the molecule is CN(CC1CCCO1)C(=O)NCCc1nc(C(=O)O)cs1. The first kappa shape index (κ1) is 15.7. The summed E-state index contributed by atoms with van der Waals surface area (Å²) in [6.07, 6.45) is 2.71. The lowest BCUT2D eigenvalue weighted by Gasteiger charge is -2.21. The van der Waals surface area contributed by atoms with E-state index >= 15 is 0 Å². The molecule has 1 aromatic heterocycles. The number of likely N-dealkylation sites (N-methyl/N-ethyl adjacent to an activating group) is 1. The first-order valence-corrected chi connectivity index (χ1v) is 7.72. The highest BCUT2D eigenvalue weighted by Crippen LogP contribution is 2.13. The third kappa shape index (κ3) is 4.68. The van der Waals surface area contributed by atoms with Gasteiger partial charge in [0.15, 0.2) is 5.69 Å². The number of rotatable bonds is 6. The summed E-state index contributed by atoms with van der Waals surface area (Å²) in [6.45, 7) is 1.80. The number of amides is 2. The van der Waals surface area contributed by atoms with Crippen LogP contribution in [-0.2, 0) is 11.2 Å². The van der Waals surface area contributed by atoms with Crippen LogP contribution in [0.1, 0.15) is 28.3 Å². The number of carbonyl (C=O) groups is 2. The standard InChI is InChI=1S/C13H19N3O4S/c1-16(7-9-3-2-6-20-9)13(19)14-5-4-11-15-10(8-21-11)12(17)18/h8-9H,2-7H2,1H3,(H,14,19)(H,17,18). The Kier molecular flexibility index (Phi) is 5.51. The van der Waals surface area contributed by atoms with Crippen molar-refractivity contribution in [1.29, 1.82) is 0 Å². The van der Waals surface area contributed by atoms with Crippen molar-refractivity contribution in [3.05, 3.63) is 16.1 Å². The van der Waals surface area contributed by atoms with Gasteiger partial charge in [0, 0.05) is 38.5 Å². The van der Waals surface area contributed by atoms with Crippen molar-refractivity contribution in [3.8, 4) is 0 Å². The Balaban J connectivity index is 1.69. The van der Waals surface area contributed by atoms with Crippen molar-refractivity contribution in [2.45, 2.75) is 25.4 Å². The zero-order chi connectivity index (χ0) is 15.2. The molecule has 21 heavy (non-hydrogen) atoms. The van der Waals surface area contributed by atoms with E-state index in [4.69, 9.17) is 9.84 Å². The molecule has 2 N–H and O–H groups in total. The number of aromatic nitrogens is 1. The summed E-state index contributed by atoms with van der Waals surface area (Å²) in [5.74, 6) is -1.03. The van der Waals surface area contributed by atoms with Crippen LogP contribution in [0.4, 0.5) is 4.79 Å². The first-order valence-electron chi connectivity index (χ1n) is 6.84. The fourth-order valence-electron chi connectivity index (χ4n) is 2.11. The number of ether oxygens (including phenoxy) is 1. The van der Waals surface area contributed by atoms with E-state index in [-0.39, 0.29) is 17.8 Å². The van der Waals surface area contributed by atoms with Crippen molar-refractivity contribution < 1.29 is 19.4 Å². The fraction of sp³-hybridized carbons (Fsp3) is 0.615. The summed E-state index contributed by atoms with van der Waals surface area (Å²) in [5.41, 5.74) is 0.0526. The maximum atomic E-state index is 11.9. The van der Waals surface area contributed by atoms with Gasteiger partial charge in [-0.25, -0.2) is 14.6 Å². The largest absolute Gasteiger partial charge is 0.476 e. The van der Waals surface area contributed by atoms with Gasteiger partial charge in [-0.15, -0.1) is 11.3 Å². The van der Waals surface area contributed by atoms with Gasteiger partial charge in [0.2, 0.25) is 0 Å². The van der Waals surface area contributed by atoms with E-state index in [1.807, 2.05) is 0 Å². The van der Waals surface area contributed by atoms with Crippen molar-refractivity contribution in [3.63, 3.8) is 0 Å². The molecule has 1 atom stereocenters. The Labute approximate surface area is 126 Å². The first-order chi connectivity index (χ1) is 10.1.